The zero-order chi connectivity index (χ0) is 17.8. The van der Waals surface area contributed by atoms with E-state index in [9.17, 15) is 4.79 Å². The lowest BCUT2D eigenvalue weighted by Crippen LogP contribution is -2.52. The number of piperazine rings is 1. The molecular weight excluding hydrogens is 320 g/mol. The van der Waals surface area contributed by atoms with E-state index in [4.69, 9.17) is 4.74 Å². The highest BCUT2D eigenvalue weighted by Crippen LogP contribution is 2.23. The molecule has 1 saturated heterocycles. The van der Waals surface area contributed by atoms with Crippen LogP contribution in [0.15, 0.2) is 30.9 Å². The number of methoxy groups -OCH3 is 1. The minimum Gasteiger partial charge on any atom is -0.495 e. The number of urea groups is 1. The molecule has 1 aliphatic heterocycles. The van der Waals surface area contributed by atoms with E-state index in [0.29, 0.717) is 18.8 Å². The number of rotatable bonds is 4. The fourth-order valence-corrected chi connectivity index (χ4v) is 3.01. The van der Waals surface area contributed by atoms with Crippen LogP contribution in [0.5, 0.6) is 5.75 Å². The van der Waals surface area contributed by atoms with Crippen LogP contribution in [0.2, 0.25) is 0 Å². The smallest absolute Gasteiger partial charge is 0.317 e. The summed E-state index contributed by atoms with van der Waals surface area (Å²) in [6, 6.07) is 1.66. The zero-order valence-corrected chi connectivity index (χ0v) is 14.8. The Labute approximate surface area is 147 Å². The summed E-state index contributed by atoms with van der Waals surface area (Å²) in [5.74, 6) is 0.677. The van der Waals surface area contributed by atoms with Crippen LogP contribution in [0, 0.1) is 0 Å². The third-order valence-corrected chi connectivity index (χ3v) is 4.47. The molecule has 0 aromatic carbocycles. The number of ether oxygens (including phenoxy) is 1. The summed E-state index contributed by atoms with van der Waals surface area (Å²) >= 11 is 0. The minimum atomic E-state index is -0.151. The van der Waals surface area contributed by atoms with Gasteiger partial charge in [-0.2, -0.15) is 5.10 Å². The average molecular weight is 344 g/mol. The van der Waals surface area contributed by atoms with Crippen molar-refractivity contribution < 1.29 is 9.53 Å². The van der Waals surface area contributed by atoms with E-state index in [1.165, 1.54) is 0 Å². The molecule has 2 aromatic rings. The molecule has 0 radical (unpaired) electrons. The van der Waals surface area contributed by atoms with Crippen LogP contribution in [0.1, 0.15) is 18.5 Å². The second-order valence-electron chi connectivity index (χ2n) is 6.14. The van der Waals surface area contributed by atoms with Crippen LogP contribution in [0.25, 0.3) is 0 Å². The highest BCUT2D eigenvalue weighted by Gasteiger charge is 2.23. The number of aromatic nitrogens is 3. The lowest BCUT2D eigenvalue weighted by atomic mass is 10.1. The average Bonchev–Trinajstić information content (AvgIpc) is 3.08. The Hall–Kier alpha value is -2.77. The first-order valence-corrected chi connectivity index (χ1v) is 8.35. The van der Waals surface area contributed by atoms with Crippen LogP contribution in [0.4, 0.5) is 10.5 Å². The molecule has 2 aromatic heterocycles. The Bertz CT molecular complexity index is 723. The monoisotopic (exact) mass is 344 g/mol. The molecule has 0 bridgehead atoms. The van der Waals surface area contributed by atoms with Crippen LogP contribution >= 0.6 is 0 Å². The normalized spacial score (nSPS) is 15.8. The molecule has 2 amide bonds. The maximum absolute atomic E-state index is 12.6. The number of anilines is 1. The number of carbonyl (C=O) groups excluding carboxylic acids is 1. The van der Waals surface area contributed by atoms with Crippen LogP contribution in [-0.4, -0.2) is 59.0 Å². The van der Waals surface area contributed by atoms with Gasteiger partial charge >= 0.3 is 6.03 Å². The van der Waals surface area contributed by atoms with E-state index in [1.807, 2.05) is 37.3 Å². The topological polar surface area (TPSA) is 75.5 Å². The highest BCUT2D eigenvalue weighted by molar-refractivity contribution is 5.75. The van der Waals surface area contributed by atoms with Gasteiger partial charge in [0, 0.05) is 51.2 Å². The molecule has 0 unspecified atom stereocenters. The molecule has 1 fully saturated rings. The van der Waals surface area contributed by atoms with Gasteiger partial charge < -0.3 is 19.9 Å². The van der Waals surface area contributed by atoms with Crippen LogP contribution < -0.4 is 15.0 Å². The molecule has 3 rings (SSSR count). The van der Waals surface area contributed by atoms with Crippen molar-refractivity contribution >= 4 is 11.7 Å². The fourth-order valence-electron chi connectivity index (χ4n) is 3.01. The quantitative estimate of drug-likeness (QED) is 0.908. The van der Waals surface area contributed by atoms with Crippen molar-refractivity contribution in [2.45, 2.75) is 13.0 Å². The third-order valence-electron chi connectivity index (χ3n) is 4.47. The van der Waals surface area contributed by atoms with Gasteiger partial charge in [-0.3, -0.25) is 9.67 Å². The molecule has 1 aliphatic rings. The molecule has 8 heteroatoms. The summed E-state index contributed by atoms with van der Waals surface area (Å²) in [7, 11) is 3.51. The fraction of sp³-hybridized carbons (Fsp3) is 0.471. The van der Waals surface area contributed by atoms with Crippen molar-refractivity contribution in [1.29, 1.82) is 0 Å². The predicted molar refractivity (Wildman–Crippen MR) is 94.7 cm³/mol. The van der Waals surface area contributed by atoms with E-state index in [1.54, 1.807) is 24.2 Å². The van der Waals surface area contributed by atoms with Gasteiger partial charge in [0.1, 0.15) is 5.75 Å². The van der Waals surface area contributed by atoms with E-state index in [-0.39, 0.29) is 12.1 Å². The van der Waals surface area contributed by atoms with Gasteiger partial charge in [0.05, 0.1) is 31.2 Å². The number of pyridine rings is 1. The van der Waals surface area contributed by atoms with Crippen molar-refractivity contribution in [3.05, 3.63) is 36.4 Å². The number of hydrogen-bond acceptors (Lipinski definition) is 5. The lowest BCUT2D eigenvalue weighted by molar-refractivity contribution is 0.191. The number of amides is 2. The van der Waals surface area contributed by atoms with Crippen molar-refractivity contribution in [2.24, 2.45) is 7.05 Å². The van der Waals surface area contributed by atoms with Gasteiger partial charge in [-0.1, -0.05) is 0 Å². The second-order valence-corrected chi connectivity index (χ2v) is 6.14. The molecule has 0 spiro atoms. The van der Waals surface area contributed by atoms with Crippen molar-refractivity contribution in [1.82, 2.24) is 25.0 Å². The van der Waals surface area contributed by atoms with Crippen LogP contribution in [0.3, 0.4) is 0 Å². The molecule has 0 saturated carbocycles. The Morgan fingerprint density at radius 1 is 1.28 bits per heavy atom. The first-order chi connectivity index (χ1) is 12.1. The SMILES string of the molecule is COc1cnccc1[C@H](C)NC(=O)N1CCN(c2cnn(C)c2)CC1. The van der Waals surface area contributed by atoms with Gasteiger partial charge in [0.25, 0.3) is 0 Å². The summed E-state index contributed by atoms with van der Waals surface area (Å²) in [6.07, 6.45) is 7.21. The zero-order valence-electron chi connectivity index (χ0n) is 14.8. The summed E-state index contributed by atoms with van der Waals surface area (Å²) in [4.78, 5) is 20.7. The Morgan fingerprint density at radius 3 is 2.68 bits per heavy atom. The first-order valence-electron chi connectivity index (χ1n) is 8.35. The van der Waals surface area contributed by atoms with Gasteiger partial charge in [-0.25, -0.2) is 4.79 Å². The molecule has 0 aliphatic carbocycles. The lowest BCUT2D eigenvalue weighted by Gasteiger charge is -2.35. The molecule has 3 heterocycles. The van der Waals surface area contributed by atoms with Crippen molar-refractivity contribution in [2.75, 3.05) is 38.2 Å². The van der Waals surface area contributed by atoms with Crippen molar-refractivity contribution in [3.8, 4) is 5.75 Å². The number of aryl methyl sites for hydroxylation is 1. The van der Waals surface area contributed by atoms with E-state index in [2.05, 4.69) is 20.3 Å². The first kappa shape index (κ1) is 17.1. The molecule has 25 heavy (non-hydrogen) atoms. The number of carbonyl (C=O) groups is 1. The Kier molecular flexibility index (Phi) is 5.06. The van der Waals surface area contributed by atoms with Gasteiger partial charge in [-0.05, 0) is 13.0 Å². The molecule has 134 valence electrons. The number of nitrogens with one attached hydrogen (secondary N) is 1. The number of hydrogen-bond donors (Lipinski definition) is 1. The van der Waals surface area contributed by atoms with E-state index < -0.39 is 0 Å². The van der Waals surface area contributed by atoms with Gasteiger partial charge in [0.2, 0.25) is 0 Å². The van der Waals surface area contributed by atoms with E-state index >= 15 is 0 Å². The summed E-state index contributed by atoms with van der Waals surface area (Å²) in [5.41, 5.74) is 2.01. The molecule has 1 N–H and O–H groups in total. The van der Waals surface area contributed by atoms with Gasteiger partial charge in [0.15, 0.2) is 0 Å². The maximum atomic E-state index is 12.6. The maximum Gasteiger partial charge on any atom is 0.317 e. The predicted octanol–water partition coefficient (Wildman–Crippen LogP) is 1.42. The third kappa shape index (κ3) is 3.84. The standard InChI is InChI=1S/C17H24N6O2/c1-13(15-4-5-18-11-16(15)25-3)20-17(24)23-8-6-22(7-9-23)14-10-19-21(2)12-14/h4-5,10-13H,6-9H2,1-3H3,(H,20,24)/t13-/m0/s1. The molecular formula is C17H24N6O2. The summed E-state index contributed by atoms with van der Waals surface area (Å²) in [6.45, 7) is 4.90. The number of nitrogens with zero attached hydrogens (tertiary/aromatic N) is 5. The second kappa shape index (κ2) is 7.42. The highest BCUT2D eigenvalue weighted by atomic mass is 16.5. The summed E-state index contributed by atoms with van der Waals surface area (Å²) in [5, 5.41) is 7.24. The van der Waals surface area contributed by atoms with Crippen LogP contribution in [-0.2, 0) is 7.05 Å². The van der Waals surface area contributed by atoms with Gasteiger partial charge in [-0.15, -0.1) is 0 Å². The van der Waals surface area contributed by atoms with Crippen molar-refractivity contribution in [3.63, 3.8) is 0 Å². The minimum absolute atomic E-state index is 0.0581. The molecule has 1 atom stereocenters. The Balaban J connectivity index is 1.56. The largest absolute Gasteiger partial charge is 0.495 e. The Morgan fingerprint density at radius 2 is 2.04 bits per heavy atom. The van der Waals surface area contributed by atoms with E-state index in [0.717, 1.165) is 24.3 Å². The molecule has 8 nitrogen and oxygen atoms in total. The summed E-state index contributed by atoms with van der Waals surface area (Å²) < 4.78 is 7.11.